The molecule has 1 aromatic heterocycles. The monoisotopic (exact) mass is 306 g/mol. The molecule has 2 heterocycles. The molecule has 1 fully saturated rings. The maximum absolute atomic E-state index is 11.2. The highest BCUT2D eigenvalue weighted by Gasteiger charge is 2.46. The Morgan fingerprint density at radius 2 is 2.62 bits per heavy atom. The normalized spacial score (nSPS) is 29.2. The van der Waals surface area contributed by atoms with Crippen LogP contribution in [0.1, 0.15) is 6.92 Å². The van der Waals surface area contributed by atoms with E-state index < -0.39 is 11.4 Å². The summed E-state index contributed by atoms with van der Waals surface area (Å²) in [5.74, 6) is -0.849. The molecule has 0 saturated carbocycles. The number of hydrogen-bond donors (Lipinski definition) is 2. The fourth-order valence-electron chi connectivity index (χ4n) is 1.55. The van der Waals surface area contributed by atoms with Gasteiger partial charge in [0.1, 0.15) is 10.0 Å². The first kappa shape index (κ1) is 11.8. The summed E-state index contributed by atoms with van der Waals surface area (Å²) in [6.45, 7) is 2.30. The molecule has 0 aromatic carbocycles. The Bertz CT molecular complexity index is 411. The highest BCUT2D eigenvalue weighted by atomic mass is 79.9. The van der Waals surface area contributed by atoms with E-state index in [1.807, 2.05) is 5.38 Å². The molecule has 88 valence electrons. The van der Waals surface area contributed by atoms with Crippen molar-refractivity contribution < 1.29 is 14.6 Å². The van der Waals surface area contributed by atoms with Crippen molar-refractivity contribution in [1.29, 1.82) is 0 Å². The second-order valence-corrected chi connectivity index (χ2v) is 5.58. The summed E-state index contributed by atoms with van der Waals surface area (Å²) in [5, 5.41) is 14.8. The molecule has 0 amide bonds. The summed E-state index contributed by atoms with van der Waals surface area (Å²) in [7, 11) is 0. The summed E-state index contributed by atoms with van der Waals surface area (Å²) >= 11 is 4.68. The first-order valence-corrected chi connectivity index (χ1v) is 6.38. The zero-order valence-electron chi connectivity index (χ0n) is 8.57. The number of aromatic nitrogens is 1. The van der Waals surface area contributed by atoms with Crippen molar-refractivity contribution in [2.24, 2.45) is 5.41 Å². The van der Waals surface area contributed by atoms with E-state index in [9.17, 15) is 9.90 Å². The number of hydrogen-bond acceptors (Lipinski definition) is 5. The van der Waals surface area contributed by atoms with Crippen LogP contribution in [0.2, 0.25) is 0 Å². The number of carboxylic acids is 1. The average molecular weight is 307 g/mol. The number of thiazole rings is 1. The minimum Gasteiger partial charge on any atom is -0.481 e. The SMILES string of the molecule is CC1(C(=O)O)COCC1Nc1nc(Br)cs1. The smallest absolute Gasteiger partial charge is 0.313 e. The van der Waals surface area contributed by atoms with Gasteiger partial charge >= 0.3 is 5.97 Å². The number of anilines is 1. The van der Waals surface area contributed by atoms with Gasteiger partial charge < -0.3 is 15.2 Å². The number of nitrogens with zero attached hydrogens (tertiary/aromatic N) is 1. The van der Waals surface area contributed by atoms with Gasteiger partial charge in [0.05, 0.1) is 19.3 Å². The van der Waals surface area contributed by atoms with Crippen molar-refractivity contribution in [3.63, 3.8) is 0 Å². The molecule has 16 heavy (non-hydrogen) atoms. The minimum absolute atomic E-state index is 0.229. The zero-order valence-corrected chi connectivity index (χ0v) is 11.0. The van der Waals surface area contributed by atoms with Gasteiger partial charge in [-0.1, -0.05) is 0 Å². The molecule has 1 aliphatic rings. The highest BCUT2D eigenvalue weighted by Crippen LogP contribution is 2.32. The topological polar surface area (TPSA) is 71.5 Å². The molecule has 2 unspecified atom stereocenters. The van der Waals surface area contributed by atoms with E-state index in [-0.39, 0.29) is 12.6 Å². The fourth-order valence-corrected chi connectivity index (χ4v) is 2.75. The lowest BCUT2D eigenvalue weighted by Gasteiger charge is -2.25. The summed E-state index contributed by atoms with van der Waals surface area (Å²) in [6.07, 6.45) is 0. The number of carbonyl (C=O) groups is 1. The molecule has 5 nitrogen and oxygen atoms in total. The molecule has 1 aromatic rings. The third kappa shape index (κ3) is 2.07. The van der Waals surface area contributed by atoms with Gasteiger partial charge in [-0.3, -0.25) is 4.79 Å². The molecule has 7 heteroatoms. The number of nitrogens with one attached hydrogen (secondary N) is 1. The van der Waals surface area contributed by atoms with E-state index in [1.54, 1.807) is 6.92 Å². The predicted molar refractivity (Wildman–Crippen MR) is 63.8 cm³/mol. The Morgan fingerprint density at radius 3 is 3.19 bits per heavy atom. The number of ether oxygens (including phenoxy) is 1. The maximum atomic E-state index is 11.2. The van der Waals surface area contributed by atoms with Gasteiger partial charge in [0.2, 0.25) is 0 Å². The molecule has 2 atom stereocenters. The average Bonchev–Trinajstić information content (AvgIpc) is 2.76. The number of rotatable bonds is 3. The number of aliphatic carboxylic acids is 1. The molecular weight excluding hydrogens is 296 g/mol. The van der Waals surface area contributed by atoms with Crippen LogP contribution >= 0.6 is 27.3 Å². The van der Waals surface area contributed by atoms with Gasteiger partial charge in [-0.2, -0.15) is 0 Å². The summed E-state index contributed by atoms with van der Waals surface area (Å²) in [4.78, 5) is 15.4. The molecule has 1 saturated heterocycles. The lowest BCUT2D eigenvalue weighted by atomic mass is 9.85. The van der Waals surface area contributed by atoms with E-state index in [0.717, 1.165) is 4.60 Å². The highest BCUT2D eigenvalue weighted by molar-refractivity contribution is 9.10. The van der Waals surface area contributed by atoms with E-state index in [4.69, 9.17) is 4.74 Å². The molecule has 0 aliphatic carbocycles. The second-order valence-electron chi connectivity index (χ2n) is 3.91. The van der Waals surface area contributed by atoms with Crippen LogP contribution in [0.25, 0.3) is 0 Å². The number of carboxylic acid groups (broad SMARTS) is 1. The Morgan fingerprint density at radius 1 is 1.88 bits per heavy atom. The van der Waals surface area contributed by atoms with Gasteiger partial charge in [0, 0.05) is 5.38 Å². The third-order valence-corrected chi connectivity index (χ3v) is 4.20. The van der Waals surface area contributed by atoms with Gasteiger partial charge in [-0.25, -0.2) is 4.98 Å². The van der Waals surface area contributed by atoms with E-state index in [1.165, 1.54) is 11.3 Å². The maximum Gasteiger partial charge on any atom is 0.313 e. The summed E-state index contributed by atoms with van der Waals surface area (Å²) in [5.41, 5.74) is -0.891. The van der Waals surface area contributed by atoms with Gasteiger partial charge in [-0.15, -0.1) is 11.3 Å². The number of halogens is 1. The Hall–Kier alpha value is -0.660. The van der Waals surface area contributed by atoms with Crippen LogP contribution in [-0.2, 0) is 9.53 Å². The Labute approximate surface area is 105 Å². The van der Waals surface area contributed by atoms with Crippen molar-refractivity contribution in [3.05, 3.63) is 9.98 Å². The van der Waals surface area contributed by atoms with Crippen molar-refractivity contribution in [3.8, 4) is 0 Å². The quantitative estimate of drug-likeness (QED) is 0.891. The van der Waals surface area contributed by atoms with Crippen LogP contribution in [0.15, 0.2) is 9.98 Å². The van der Waals surface area contributed by atoms with Crippen molar-refractivity contribution in [2.75, 3.05) is 18.5 Å². The molecule has 1 aliphatic heterocycles. The van der Waals surface area contributed by atoms with Gasteiger partial charge in [0.25, 0.3) is 0 Å². The largest absolute Gasteiger partial charge is 0.481 e. The first-order valence-electron chi connectivity index (χ1n) is 4.71. The van der Waals surface area contributed by atoms with Crippen LogP contribution in [0, 0.1) is 5.41 Å². The third-order valence-electron chi connectivity index (χ3n) is 2.72. The van der Waals surface area contributed by atoms with Gasteiger partial charge in [0.15, 0.2) is 5.13 Å². The Kier molecular flexibility index (Phi) is 3.18. The predicted octanol–water partition coefficient (Wildman–Crippen LogP) is 1.81. The van der Waals surface area contributed by atoms with Crippen LogP contribution < -0.4 is 5.32 Å². The van der Waals surface area contributed by atoms with Crippen molar-refractivity contribution >= 4 is 38.4 Å². The standard InChI is InChI=1S/C9H11BrN2O3S/c1-9(7(13)14)4-15-2-5(9)11-8-12-6(10)3-16-8/h3,5H,2,4H2,1H3,(H,11,12)(H,13,14). The first-order chi connectivity index (χ1) is 7.52. The molecule has 0 radical (unpaired) electrons. The van der Waals surface area contributed by atoms with E-state index in [0.29, 0.717) is 11.7 Å². The Balaban J connectivity index is 2.12. The van der Waals surface area contributed by atoms with Crippen LogP contribution in [-0.4, -0.2) is 35.3 Å². The van der Waals surface area contributed by atoms with Crippen LogP contribution in [0.4, 0.5) is 5.13 Å². The second kappa shape index (κ2) is 4.31. The lowest BCUT2D eigenvalue weighted by molar-refractivity contribution is -0.148. The molecule has 2 N–H and O–H groups in total. The van der Waals surface area contributed by atoms with E-state index >= 15 is 0 Å². The van der Waals surface area contributed by atoms with Crippen molar-refractivity contribution in [1.82, 2.24) is 4.98 Å². The van der Waals surface area contributed by atoms with Crippen molar-refractivity contribution in [2.45, 2.75) is 13.0 Å². The molecule has 0 bridgehead atoms. The van der Waals surface area contributed by atoms with Gasteiger partial charge in [-0.05, 0) is 22.9 Å². The molecule has 0 spiro atoms. The van der Waals surface area contributed by atoms with Crippen LogP contribution in [0.5, 0.6) is 0 Å². The van der Waals surface area contributed by atoms with E-state index in [2.05, 4.69) is 26.2 Å². The molecule has 2 rings (SSSR count). The molecular formula is C9H11BrN2O3S. The zero-order chi connectivity index (χ0) is 11.8. The van der Waals surface area contributed by atoms with Crippen LogP contribution in [0.3, 0.4) is 0 Å². The fraction of sp³-hybridized carbons (Fsp3) is 0.556. The summed E-state index contributed by atoms with van der Waals surface area (Å²) < 4.78 is 5.98. The minimum atomic E-state index is -0.891. The lowest BCUT2D eigenvalue weighted by Crippen LogP contribution is -2.43. The summed E-state index contributed by atoms with van der Waals surface area (Å²) in [6, 6.07) is -0.247.